The number of aromatic nitrogens is 2. The van der Waals surface area contributed by atoms with Crippen molar-refractivity contribution in [2.45, 2.75) is 19.0 Å². The lowest BCUT2D eigenvalue weighted by atomic mass is 10.1. The molecule has 0 fully saturated rings. The van der Waals surface area contributed by atoms with Gasteiger partial charge in [0, 0.05) is 36.5 Å². The third-order valence-electron chi connectivity index (χ3n) is 3.00. The summed E-state index contributed by atoms with van der Waals surface area (Å²) >= 11 is 0. The Balaban J connectivity index is 2.05. The molecule has 0 saturated heterocycles. The van der Waals surface area contributed by atoms with Gasteiger partial charge in [-0.05, 0) is 0 Å². The molecule has 0 aliphatic carbocycles. The van der Waals surface area contributed by atoms with E-state index in [0.717, 1.165) is 0 Å². The predicted octanol–water partition coefficient (Wildman–Crippen LogP) is 1.10. The van der Waals surface area contributed by atoms with Crippen molar-refractivity contribution < 1.29 is 14.8 Å². The monoisotopic (exact) mass is 290 g/mol. The molecule has 0 radical (unpaired) electrons. The Morgan fingerprint density at radius 3 is 2.86 bits per heavy atom. The minimum atomic E-state index is -1.02. The van der Waals surface area contributed by atoms with Crippen molar-refractivity contribution in [3.8, 4) is 0 Å². The number of aliphatic carboxylic acids is 1. The number of carbonyl (C=O) groups is 1. The topological polar surface area (TPSA) is 121 Å². The fourth-order valence-corrected chi connectivity index (χ4v) is 1.93. The van der Waals surface area contributed by atoms with E-state index in [9.17, 15) is 20.0 Å². The number of benzene rings is 1. The van der Waals surface area contributed by atoms with E-state index in [2.05, 4.69) is 15.3 Å². The van der Waals surface area contributed by atoms with Crippen LogP contribution in [0.15, 0.2) is 36.8 Å². The number of H-pyrrole nitrogens is 1. The van der Waals surface area contributed by atoms with Crippen LogP contribution in [0.4, 0.5) is 5.69 Å². The number of aromatic amines is 1. The van der Waals surface area contributed by atoms with Gasteiger partial charge in [0.2, 0.25) is 0 Å². The molecule has 0 saturated carbocycles. The average Bonchev–Trinajstić information content (AvgIpc) is 2.96. The molecule has 8 nitrogen and oxygen atoms in total. The van der Waals surface area contributed by atoms with Gasteiger partial charge < -0.3 is 10.1 Å². The molecule has 0 aliphatic rings. The predicted molar refractivity (Wildman–Crippen MR) is 73.7 cm³/mol. The lowest BCUT2D eigenvalue weighted by Crippen LogP contribution is -2.38. The third-order valence-corrected chi connectivity index (χ3v) is 3.00. The Hall–Kier alpha value is -2.74. The Morgan fingerprint density at radius 2 is 2.24 bits per heavy atom. The van der Waals surface area contributed by atoms with Crippen LogP contribution in [0.2, 0.25) is 0 Å². The number of imidazole rings is 1. The van der Waals surface area contributed by atoms with Crippen molar-refractivity contribution in [2.75, 3.05) is 0 Å². The molecule has 2 aromatic rings. The van der Waals surface area contributed by atoms with Crippen molar-refractivity contribution in [3.63, 3.8) is 0 Å². The standard InChI is InChI=1S/C13H14N4O4/c18-13(19)11(5-10-7-14-8-16-10)15-6-9-3-1-2-4-12(9)17(20)21/h1-4,7-8,11,15H,5-6H2,(H,14,16)(H,18,19)/t11-/m0/s1. The summed E-state index contributed by atoms with van der Waals surface area (Å²) < 4.78 is 0. The molecule has 3 N–H and O–H groups in total. The molecule has 1 atom stereocenters. The zero-order chi connectivity index (χ0) is 15.2. The number of rotatable bonds is 7. The number of nitrogens with one attached hydrogen (secondary N) is 2. The van der Waals surface area contributed by atoms with E-state index in [-0.39, 0.29) is 18.7 Å². The summed E-state index contributed by atoms with van der Waals surface area (Å²) in [5.74, 6) is -1.02. The number of nitro benzene ring substituents is 1. The quantitative estimate of drug-likeness (QED) is 0.518. The van der Waals surface area contributed by atoms with Gasteiger partial charge in [0.05, 0.1) is 11.3 Å². The SMILES string of the molecule is O=C(O)[C@H](Cc1cnc[nH]1)NCc1ccccc1[N+](=O)[O-]. The van der Waals surface area contributed by atoms with Gasteiger partial charge >= 0.3 is 5.97 Å². The van der Waals surface area contributed by atoms with Crippen LogP contribution in [0.25, 0.3) is 0 Å². The van der Waals surface area contributed by atoms with Crippen LogP contribution >= 0.6 is 0 Å². The van der Waals surface area contributed by atoms with Gasteiger partial charge in [0.1, 0.15) is 6.04 Å². The Labute approximate surface area is 120 Å². The van der Waals surface area contributed by atoms with E-state index in [1.165, 1.54) is 12.4 Å². The molecule has 0 amide bonds. The Kier molecular flexibility index (Phi) is 4.62. The zero-order valence-electron chi connectivity index (χ0n) is 11.0. The van der Waals surface area contributed by atoms with Crippen LogP contribution in [0.5, 0.6) is 0 Å². The Morgan fingerprint density at radius 1 is 1.48 bits per heavy atom. The van der Waals surface area contributed by atoms with Crippen molar-refractivity contribution in [1.82, 2.24) is 15.3 Å². The molecular weight excluding hydrogens is 276 g/mol. The van der Waals surface area contributed by atoms with E-state index in [0.29, 0.717) is 11.3 Å². The van der Waals surface area contributed by atoms with Crippen molar-refractivity contribution in [1.29, 1.82) is 0 Å². The first-order chi connectivity index (χ1) is 10.1. The van der Waals surface area contributed by atoms with Gasteiger partial charge in [-0.1, -0.05) is 18.2 Å². The summed E-state index contributed by atoms with van der Waals surface area (Å²) in [6.07, 6.45) is 3.23. The summed E-state index contributed by atoms with van der Waals surface area (Å²) in [5.41, 5.74) is 1.09. The van der Waals surface area contributed by atoms with Crippen molar-refractivity contribution in [2.24, 2.45) is 0 Å². The summed E-state index contributed by atoms with van der Waals surface area (Å²) in [6, 6.07) is 5.38. The summed E-state index contributed by atoms with van der Waals surface area (Å²) in [5, 5.41) is 22.9. The highest BCUT2D eigenvalue weighted by atomic mass is 16.6. The first-order valence-corrected chi connectivity index (χ1v) is 6.23. The zero-order valence-corrected chi connectivity index (χ0v) is 11.0. The first kappa shape index (κ1) is 14.7. The summed E-state index contributed by atoms with van der Waals surface area (Å²) in [4.78, 5) is 28.3. The fourth-order valence-electron chi connectivity index (χ4n) is 1.93. The van der Waals surface area contributed by atoms with E-state index in [4.69, 9.17) is 0 Å². The van der Waals surface area contributed by atoms with Crippen molar-refractivity contribution >= 4 is 11.7 Å². The van der Waals surface area contributed by atoms with Crippen LogP contribution in [0.3, 0.4) is 0 Å². The third kappa shape index (κ3) is 3.86. The highest BCUT2D eigenvalue weighted by molar-refractivity contribution is 5.73. The van der Waals surface area contributed by atoms with E-state index >= 15 is 0 Å². The molecular formula is C13H14N4O4. The number of carboxylic acids is 1. The van der Waals surface area contributed by atoms with Gasteiger partial charge in [-0.3, -0.25) is 20.2 Å². The van der Waals surface area contributed by atoms with Gasteiger partial charge in [-0.2, -0.15) is 0 Å². The fraction of sp³-hybridized carbons (Fsp3) is 0.231. The Bertz CT molecular complexity index is 627. The molecule has 2 rings (SSSR count). The second kappa shape index (κ2) is 6.62. The van der Waals surface area contributed by atoms with E-state index < -0.39 is 16.9 Å². The second-order valence-corrected chi connectivity index (χ2v) is 4.44. The minimum Gasteiger partial charge on any atom is -0.480 e. The molecule has 1 heterocycles. The second-order valence-electron chi connectivity index (χ2n) is 4.44. The molecule has 21 heavy (non-hydrogen) atoms. The maximum Gasteiger partial charge on any atom is 0.321 e. The average molecular weight is 290 g/mol. The van der Waals surface area contributed by atoms with Gasteiger partial charge in [0.25, 0.3) is 5.69 Å². The van der Waals surface area contributed by atoms with Crippen LogP contribution in [0.1, 0.15) is 11.3 Å². The lowest BCUT2D eigenvalue weighted by Gasteiger charge is -2.13. The maximum atomic E-state index is 11.2. The van der Waals surface area contributed by atoms with E-state index in [1.54, 1.807) is 24.4 Å². The van der Waals surface area contributed by atoms with Gasteiger partial charge in [-0.25, -0.2) is 4.98 Å². The number of para-hydroxylation sites is 1. The van der Waals surface area contributed by atoms with E-state index in [1.807, 2.05) is 0 Å². The highest BCUT2D eigenvalue weighted by Crippen LogP contribution is 2.17. The molecule has 0 unspecified atom stereocenters. The number of nitro groups is 1. The smallest absolute Gasteiger partial charge is 0.321 e. The summed E-state index contributed by atoms with van der Waals surface area (Å²) in [7, 11) is 0. The molecule has 0 spiro atoms. The summed E-state index contributed by atoms with van der Waals surface area (Å²) in [6.45, 7) is 0.0995. The number of hydrogen-bond acceptors (Lipinski definition) is 5. The minimum absolute atomic E-state index is 0.0318. The van der Waals surface area contributed by atoms with Crippen LogP contribution < -0.4 is 5.32 Å². The number of hydrogen-bond donors (Lipinski definition) is 3. The molecule has 8 heteroatoms. The number of carboxylic acid groups (broad SMARTS) is 1. The van der Waals surface area contributed by atoms with Crippen LogP contribution in [-0.4, -0.2) is 32.0 Å². The largest absolute Gasteiger partial charge is 0.480 e. The van der Waals surface area contributed by atoms with Gasteiger partial charge in [-0.15, -0.1) is 0 Å². The molecule has 0 aliphatic heterocycles. The lowest BCUT2D eigenvalue weighted by molar-refractivity contribution is -0.385. The van der Waals surface area contributed by atoms with Gasteiger partial charge in [0.15, 0.2) is 0 Å². The number of nitrogens with zero attached hydrogens (tertiary/aromatic N) is 2. The normalized spacial score (nSPS) is 12.0. The first-order valence-electron chi connectivity index (χ1n) is 6.23. The highest BCUT2D eigenvalue weighted by Gasteiger charge is 2.20. The molecule has 110 valence electrons. The molecule has 0 bridgehead atoms. The molecule has 1 aromatic carbocycles. The maximum absolute atomic E-state index is 11.2. The van der Waals surface area contributed by atoms with Crippen molar-refractivity contribution in [3.05, 3.63) is 58.2 Å². The molecule has 1 aromatic heterocycles. The van der Waals surface area contributed by atoms with Crippen LogP contribution in [-0.2, 0) is 17.8 Å². The van der Waals surface area contributed by atoms with Crippen LogP contribution in [0, 0.1) is 10.1 Å².